The first-order valence-electron chi connectivity index (χ1n) is 10.4. The van der Waals surface area contributed by atoms with E-state index in [-0.39, 0.29) is 18.9 Å². The van der Waals surface area contributed by atoms with Gasteiger partial charge in [0.1, 0.15) is 12.4 Å². The quantitative estimate of drug-likeness (QED) is 0.437. The van der Waals surface area contributed by atoms with Crippen molar-refractivity contribution in [2.75, 3.05) is 30.3 Å². The zero-order valence-corrected chi connectivity index (χ0v) is 19.7. The molecule has 32 heavy (non-hydrogen) atoms. The van der Waals surface area contributed by atoms with Crippen molar-refractivity contribution in [2.24, 2.45) is 0 Å². The number of sulfonamides is 1. The molecule has 0 aliphatic rings. The Morgan fingerprint density at radius 3 is 2.56 bits per heavy atom. The molecule has 0 aliphatic heterocycles. The Hall–Kier alpha value is -2.77. The first-order valence-corrected chi connectivity index (χ1v) is 12.6. The lowest BCUT2D eigenvalue weighted by atomic mass is 10.1. The average molecular weight is 475 g/mol. The predicted molar refractivity (Wildman–Crippen MR) is 130 cm³/mol. The van der Waals surface area contributed by atoms with Crippen molar-refractivity contribution in [3.05, 3.63) is 71.2 Å². The van der Waals surface area contributed by atoms with Gasteiger partial charge in [0, 0.05) is 18.0 Å². The number of fused-ring (bicyclic) bond motifs is 1. The largest absolute Gasteiger partial charge is 0.492 e. The number of amides is 1. The highest BCUT2D eigenvalue weighted by Gasteiger charge is 2.20. The van der Waals surface area contributed by atoms with E-state index in [9.17, 15) is 13.2 Å². The molecule has 0 unspecified atom stereocenters. The zero-order chi connectivity index (χ0) is 23.1. The summed E-state index contributed by atoms with van der Waals surface area (Å²) < 4.78 is 31.5. The minimum atomic E-state index is -3.50. The van der Waals surface area contributed by atoms with Crippen molar-refractivity contribution in [3.63, 3.8) is 0 Å². The van der Waals surface area contributed by atoms with Crippen LogP contribution in [0.3, 0.4) is 0 Å². The van der Waals surface area contributed by atoms with E-state index < -0.39 is 10.0 Å². The maximum absolute atomic E-state index is 12.3. The molecule has 0 atom stereocenters. The lowest BCUT2D eigenvalue weighted by Crippen LogP contribution is -2.33. The zero-order valence-electron chi connectivity index (χ0n) is 18.2. The van der Waals surface area contributed by atoms with Gasteiger partial charge in [0.25, 0.3) is 0 Å². The van der Waals surface area contributed by atoms with Gasteiger partial charge in [0.2, 0.25) is 15.9 Å². The number of ether oxygens (including phenoxy) is 1. The number of nitrogens with one attached hydrogen (secondary N) is 1. The molecule has 0 saturated carbocycles. The van der Waals surface area contributed by atoms with Crippen LogP contribution in [0.15, 0.2) is 60.7 Å². The Bertz CT molecular complexity index is 1200. The molecule has 0 aromatic heterocycles. The van der Waals surface area contributed by atoms with Crippen molar-refractivity contribution in [1.82, 2.24) is 5.32 Å². The van der Waals surface area contributed by atoms with Crippen molar-refractivity contribution < 1.29 is 17.9 Å². The van der Waals surface area contributed by atoms with Crippen LogP contribution < -0.4 is 14.4 Å². The third-order valence-electron chi connectivity index (χ3n) is 5.09. The third-order valence-corrected chi connectivity index (χ3v) is 6.68. The van der Waals surface area contributed by atoms with Crippen LogP contribution in [0.2, 0.25) is 5.02 Å². The van der Waals surface area contributed by atoms with E-state index >= 15 is 0 Å². The normalized spacial score (nSPS) is 11.3. The summed E-state index contributed by atoms with van der Waals surface area (Å²) >= 11 is 6.14. The van der Waals surface area contributed by atoms with Gasteiger partial charge in [0.15, 0.2) is 0 Å². The molecule has 170 valence electrons. The molecule has 0 heterocycles. The maximum Gasteiger partial charge on any atom is 0.232 e. The molecule has 3 aromatic rings. The van der Waals surface area contributed by atoms with Gasteiger partial charge in [-0.15, -0.1) is 0 Å². The lowest BCUT2D eigenvalue weighted by molar-refractivity contribution is -0.121. The van der Waals surface area contributed by atoms with Crippen LogP contribution in [-0.2, 0) is 14.8 Å². The van der Waals surface area contributed by atoms with Gasteiger partial charge in [-0.3, -0.25) is 9.10 Å². The standard InChI is InChI=1S/C24H27ClN2O4S/c1-18-22(25)9-5-10-23(18)27(32(2,29)30)15-6-11-24(28)26-14-16-31-21-13-12-19-7-3-4-8-20(19)17-21/h3-5,7-10,12-13,17H,6,11,14-16H2,1-2H3,(H,26,28). The van der Waals surface area contributed by atoms with Gasteiger partial charge in [-0.2, -0.15) is 0 Å². The fourth-order valence-corrected chi connectivity index (χ4v) is 4.60. The number of halogens is 1. The van der Waals surface area contributed by atoms with Gasteiger partial charge in [-0.05, 0) is 53.9 Å². The Kier molecular flexibility index (Phi) is 7.99. The fraction of sp³-hybridized carbons (Fsp3) is 0.292. The number of carbonyl (C=O) groups excluding carboxylic acids is 1. The number of hydrogen-bond donors (Lipinski definition) is 1. The van der Waals surface area contributed by atoms with E-state index in [1.165, 1.54) is 4.31 Å². The summed E-state index contributed by atoms with van der Waals surface area (Å²) in [6.07, 6.45) is 1.75. The molecule has 0 aliphatic carbocycles. The van der Waals surface area contributed by atoms with Gasteiger partial charge < -0.3 is 10.1 Å². The van der Waals surface area contributed by atoms with Gasteiger partial charge in [-0.25, -0.2) is 8.42 Å². The van der Waals surface area contributed by atoms with Crippen LogP contribution >= 0.6 is 11.6 Å². The van der Waals surface area contributed by atoms with E-state index in [1.54, 1.807) is 25.1 Å². The van der Waals surface area contributed by atoms with Crippen LogP contribution in [0.1, 0.15) is 18.4 Å². The predicted octanol–water partition coefficient (Wildman–Crippen LogP) is 4.54. The molecule has 8 heteroatoms. The van der Waals surface area contributed by atoms with Crippen LogP contribution in [0.4, 0.5) is 5.69 Å². The van der Waals surface area contributed by atoms with Crippen molar-refractivity contribution in [2.45, 2.75) is 19.8 Å². The number of carbonyl (C=O) groups is 1. The Morgan fingerprint density at radius 2 is 1.81 bits per heavy atom. The SMILES string of the molecule is Cc1c(Cl)cccc1N(CCCC(=O)NCCOc1ccc2ccccc2c1)S(C)(=O)=O. The van der Waals surface area contributed by atoms with E-state index in [1.807, 2.05) is 42.5 Å². The molecular formula is C24H27ClN2O4S. The Labute approximate surface area is 194 Å². The van der Waals surface area contributed by atoms with Gasteiger partial charge in [0.05, 0.1) is 18.5 Å². The molecule has 3 rings (SSSR count). The number of benzene rings is 3. The van der Waals surface area contributed by atoms with Crippen LogP contribution in [0, 0.1) is 6.92 Å². The summed E-state index contributed by atoms with van der Waals surface area (Å²) in [5.41, 5.74) is 1.22. The molecule has 6 nitrogen and oxygen atoms in total. The highest BCUT2D eigenvalue weighted by molar-refractivity contribution is 7.92. The van der Waals surface area contributed by atoms with Crippen molar-refractivity contribution >= 4 is 44.0 Å². The second kappa shape index (κ2) is 10.7. The van der Waals surface area contributed by atoms with Crippen LogP contribution in [-0.4, -0.2) is 40.3 Å². The molecule has 1 N–H and O–H groups in total. The fourth-order valence-electron chi connectivity index (χ4n) is 3.42. The van der Waals surface area contributed by atoms with Crippen molar-refractivity contribution in [3.8, 4) is 5.75 Å². The van der Waals surface area contributed by atoms with E-state index in [2.05, 4.69) is 5.32 Å². The molecule has 0 radical (unpaired) electrons. The molecular weight excluding hydrogens is 448 g/mol. The summed E-state index contributed by atoms with van der Waals surface area (Å²) in [7, 11) is -3.50. The number of anilines is 1. The highest BCUT2D eigenvalue weighted by atomic mass is 35.5. The second-order valence-corrected chi connectivity index (χ2v) is 9.84. The minimum Gasteiger partial charge on any atom is -0.492 e. The van der Waals surface area contributed by atoms with E-state index in [4.69, 9.17) is 16.3 Å². The Balaban J connectivity index is 1.44. The van der Waals surface area contributed by atoms with Gasteiger partial charge in [-0.1, -0.05) is 48.0 Å². The maximum atomic E-state index is 12.3. The topological polar surface area (TPSA) is 75.7 Å². The van der Waals surface area contributed by atoms with E-state index in [0.717, 1.165) is 22.8 Å². The number of nitrogens with zero attached hydrogens (tertiary/aromatic N) is 1. The van der Waals surface area contributed by atoms with Crippen LogP contribution in [0.5, 0.6) is 5.75 Å². The molecule has 0 spiro atoms. The molecule has 3 aromatic carbocycles. The van der Waals surface area contributed by atoms with Crippen LogP contribution in [0.25, 0.3) is 10.8 Å². The molecule has 0 bridgehead atoms. The summed E-state index contributed by atoms with van der Waals surface area (Å²) in [6, 6.07) is 19.0. The third kappa shape index (κ3) is 6.37. The lowest BCUT2D eigenvalue weighted by Gasteiger charge is -2.24. The second-order valence-electron chi connectivity index (χ2n) is 7.53. The first-order chi connectivity index (χ1) is 15.3. The van der Waals surface area contributed by atoms with Crippen molar-refractivity contribution in [1.29, 1.82) is 0 Å². The summed E-state index contributed by atoms with van der Waals surface area (Å²) in [6.45, 7) is 2.69. The minimum absolute atomic E-state index is 0.150. The summed E-state index contributed by atoms with van der Waals surface area (Å²) in [5, 5.41) is 5.55. The summed E-state index contributed by atoms with van der Waals surface area (Å²) in [5.74, 6) is 0.599. The monoisotopic (exact) mass is 474 g/mol. The Morgan fingerprint density at radius 1 is 1.06 bits per heavy atom. The number of hydrogen-bond acceptors (Lipinski definition) is 4. The van der Waals surface area contributed by atoms with E-state index in [0.29, 0.717) is 35.8 Å². The van der Waals surface area contributed by atoms with Gasteiger partial charge >= 0.3 is 0 Å². The summed E-state index contributed by atoms with van der Waals surface area (Å²) in [4.78, 5) is 12.2. The smallest absolute Gasteiger partial charge is 0.232 e. The molecule has 0 fully saturated rings. The molecule has 1 amide bonds. The molecule has 0 saturated heterocycles. The first kappa shape index (κ1) is 23.9. The average Bonchev–Trinajstić information content (AvgIpc) is 2.76. The highest BCUT2D eigenvalue weighted by Crippen LogP contribution is 2.28. The number of rotatable bonds is 10.